The summed E-state index contributed by atoms with van der Waals surface area (Å²) in [6.07, 6.45) is 0. The number of rotatable bonds is 2. The number of piperazine rings is 1. The van der Waals surface area contributed by atoms with E-state index in [0.29, 0.717) is 5.75 Å². The molecule has 1 aliphatic rings. The molecule has 0 radical (unpaired) electrons. The smallest absolute Gasteiger partial charge is 0.124 e. The number of nitrogens with zero attached hydrogens (tertiary/aromatic N) is 1. The van der Waals surface area contributed by atoms with Crippen molar-refractivity contribution in [3.8, 4) is 5.75 Å². The summed E-state index contributed by atoms with van der Waals surface area (Å²) >= 11 is 3.55. The van der Waals surface area contributed by atoms with Gasteiger partial charge in [0.2, 0.25) is 0 Å². The van der Waals surface area contributed by atoms with Gasteiger partial charge in [0, 0.05) is 42.3 Å². The molecule has 1 heterocycles. The van der Waals surface area contributed by atoms with Crippen molar-refractivity contribution in [3.63, 3.8) is 0 Å². The van der Waals surface area contributed by atoms with Crippen LogP contribution < -0.4 is 5.32 Å². The highest BCUT2D eigenvalue weighted by Crippen LogP contribution is 2.36. The average Bonchev–Trinajstić information content (AvgIpc) is 2.35. The van der Waals surface area contributed by atoms with Crippen molar-refractivity contribution in [2.45, 2.75) is 19.9 Å². The standard InChI is InChI=1S/C13H19BrN2O.2ClH/c1-9-3-4-11(14)12(13(9)17)10(2)16-7-5-15-6-8-16;;/h3-4,10,15,17H,5-8H2,1-2H3;2*1H/t10-;;/m0../s1. The van der Waals surface area contributed by atoms with Gasteiger partial charge in [-0.15, -0.1) is 24.8 Å². The van der Waals surface area contributed by atoms with Gasteiger partial charge < -0.3 is 10.4 Å². The van der Waals surface area contributed by atoms with Crippen LogP contribution in [0.2, 0.25) is 0 Å². The minimum absolute atomic E-state index is 0. The Hall–Kier alpha value is -0.000000000000000111. The maximum Gasteiger partial charge on any atom is 0.124 e. The molecule has 1 saturated heterocycles. The molecule has 1 aliphatic heterocycles. The first kappa shape index (κ1) is 19.0. The Morgan fingerprint density at radius 2 is 1.84 bits per heavy atom. The second kappa shape index (κ2) is 8.32. The fraction of sp³-hybridized carbons (Fsp3) is 0.538. The first-order valence-corrected chi connectivity index (χ1v) is 6.83. The predicted octanol–water partition coefficient (Wildman–Crippen LogP) is 3.27. The zero-order chi connectivity index (χ0) is 12.4. The third-order valence-corrected chi connectivity index (χ3v) is 4.17. The third kappa shape index (κ3) is 4.23. The molecule has 2 N–H and O–H groups in total. The van der Waals surface area contributed by atoms with Gasteiger partial charge in [-0.05, 0) is 25.5 Å². The van der Waals surface area contributed by atoms with E-state index >= 15 is 0 Å². The number of halogens is 3. The van der Waals surface area contributed by atoms with Gasteiger partial charge in [-0.2, -0.15) is 0 Å². The van der Waals surface area contributed by atoms with Gasteiger partial charge in [-0.3, -0.25) is 4.90 Å². The zero-order valence-corrected chi connectivity index (χ0v) is 14.4. The second-order valence-corrected chi connectivity index (χ2v) is 5.44. The highest BCUT2D eigenvalue weighted by atomic mass is 79.9. The van der Waals surface area contributed by atoms with Crippen LogP contribution in [0.4, 0.5) is 0 Å². The van der Waals surface area contributed by atoms with Crippen LogP contribution in [-0.4, -0.2) is 36.2 Å². The fourth-order valence-electron chi connectivity index (χ4n) is 2.34. The lowest BCUT2D eigenvalue weighted by molar-refractivity contribution is 0.182. The van der Waals surface area contributed by atoms with E-state index in [0.717, 1.165) is 41.8 Å². The minimum atomic E-state index is 0. The number of aromatic hydroxyl groups is 1. The number of hydrogen-bond acceptors (Lipinski definition) is 3. The Balaban J connectivity index is 0.00000162. The topological polar surface area (TPSA) is 35.5 Å². The van der Waals surface area contributed by atoms with Crippen molar-refractivity contribution in [2.75, 3.05) is 26.2 Å². The molecular weight excluding hydrogens is 351 g/mol. The first-order chi connectivity index (χ1) is 8.11. The van der Waals surface area contributed by atoms with Gasteiger partial charge in [0.25, 0.3) is 0 Å². The number of phenolic OH excluding ortho intramolecular Hbond substituents is 1. The monoisotopic (exact) mass is 370 g/mol. The van der Waals surface area contributed by atoms with E-state index in [4.69, 9.17) is 0 Å². The molecule has 1 atom stereocenters. The lowest BCUT2D eigenvalue weighted by atomic mass is 10.0. The highest BCUT2D eigenvalue weighted by molar-refractivity contribution is 9.10. The molecule has 0 aliphatic carbocycles. The van der Waals surface area contributed by atoms with Gasteiger partial charge in [-0.1, -0.05) is 22.0 Å². The van der Waals surface area contributed by atoms with Crippen molar-refractivity contribution >= 4 is 40.7 Å². The number of benzene rings is 1. The Morgan fingerprint density at radius 3 is 2.42 bits per heavy atom. The molecule has 0 bridgehead atoms. The second-order valence-electron chi connectivity index (χ2n) is 4.59. The molecule has 1 aromatic rings. The van der Waals surface area contributed by atoms with E-state index in [9.17, 15) is 5.11 Å². The molecule has 0 amide bonds. The van der Waals surface area contributed by atoms with Crippen molar-refractivity contribution in [3.05, 3.63) is 27.7 Å². The fourth-order valence-corrected chi connectivity index (χ4v) is 2.99. The van der Waals surface area contributed by atoms with E-state index < -0.39 is 0 Å². The van der Waals surface area contributed by atoms with E-state index in [1.165, 1.54) is 0 Å². The zero-order valence-electron chi connectivity index (χ0n) is 11.1. The van der Waals surface area contributed by atoms with Crippen LogP contribution in [0.5, 0.6) is 5.75 Å². The van der Waals surface area contributed by atoms with Gasteiger partial charge in [0.05, 0.1) is 0 Å². The van der Waals surface area contributed by atoms with Crippen molar-refractivity contribution in [1.82, 2.24) is 10.2 Å². The highest BCUT2D eigenvalue weighted by Gasteiger charge is 2.23. The lowest BCUT2D eigenvalue weighted by Crippen LogP contribution is -2.44. The van der Waals surface area contributed by atoms with Crippen LogP contribution in [0.3, 0.4) is 0 Å². The molecule has 0 saturated carbocycles. The Kier molecular flexibility index (Phi) is 8.32. The van der Waals surface area contributed by atoms with Crippen LogP contribution >= 0.6 is 40.7 Å². The summed E-state index contributed by atoms with van der Waals surface area (Å²) in [5.74, 6) is 0.422. The number of nitrogens with one attached hydrogen (secondary N) is 1. The molecule has 0 aromatic heterocycles. The Bertz CT molecular complexity index is 412. The first-order valence-electron chi connectivity index (χ1n) is 6.04. The van der Waals surface area contributed by atoms with Crippen LogP contribution in [0.1, 0.15) is 24.1 Å². The number of aryl methyl sites for hydroxylation is 1. The molecule has 1 fully saturated rings. The van der Waals surface area contributed by atoms with E-state index in [-0.39, 0.29) is 30.9 Å². The molecular formula is C13H21BrCl2N2O. The Morgan fingerprint density at radius 1 is 1.26 bits per heavy atom. The largest absolute Gasteiger partial charge is 0.507 e. The molecule has 0 unspecified atom stereocenters. The quantitative estimate of drug-likeness (QED) is 0.837. The predicted molar refractivity (Wildman–Crippen MR) is 87.9 cm³/mol. The summed E-state index contributed by atoms with van der Waals surface area (Å²) < 4.78 is 0.992. The summed E-state index contributed by atoms with van der Waals surface area (Å²) in [7, 11) is 0. The summed E-state index contributed by atoms with van der Waals surface area (Å²) in [6, 6.07) is 4.20. The SMILES string of the molecule is Cc1ccc(Br)c([C@H](C)N2CCNCC2)c1O.Cl.Cl. The maximum atomic E-state index is 10.2. The van der Waals surface area contributed by atoms with E-state index in [1.54, 1.807) is 0 Å². The summed E-state index contributed by atoms with van der Waals surface area (Å²) in [5, 5.41) is 13.6. The van der Waals surface area contributed by atoms with Crippen molar-refractivity contribution in [2.24, 2.45) is 0 Å². The van der Waals surface area contributed by atoms with Gasteiger partial charge in [0.1, 0.15) is 5.75 Å². The normalized spacial score (nSPS) is 17.2. The van der Waals surface area contributed by atoms with Gasteiger partial charge in [-0.25, -0.2) is 0 Å². The lowest BCUT2D eigenvalue weighted by Gasteiger charge is -2.34. The molecule has 0 spiro atoms. The van der Waals surface area contributed by atoms with Gasteiger partial charge >= 0.3 is 0 Å². The van der Waals surface area contributed by atoms with Crippen LogP contribution in [0, 0.1) is 6.92 Å². The Labute approximate surface area is 135 Å². The van der Waals surface area contributed by atoms with Crippen molar-refractivity contribution in [1.29, 1.82) is 0 Å². The molecule has 110 valence electrons. The van der Waals surface area contributed by atoms with Crippen molar-refractivity contribution < 1.29 is 5.11 Å². The molecule has 3 nitrogen and oxygen atoms in total. The molecule has 19 heavy (non-hydrogen) atoms. The van der Waals surface area contributed by atoms with E-state index in [2.05, 4.69) is 33.1 Å². The van der Waals surface area contributed by atoms with Gasteiger partial charge in [0.15, 0.2) is 0 Å². The maximum absolute atomic E-state index is 10.2. The molecule has 6 heteroatoms. The average molecular weight is 372 g/mol. The summed E-state index contributed by atoms with van der Waals surface area (Å²) in [4.78, 5) is 2.40. The van der Waals surface area contributed by atoms with Crippen LogP contribution in [-0.2, 0) is 0 Å². The minimum Gasteiger partial charge on any atom is -0.507 e. The summed E-state index contributed by atoms with van der Waals surface area (Å²) in [5.41, 5.74) is 1.94. The summed E-state index contributed by atoms with van der Waals surface area (Å²) in [6.45, 7) is 8.20. The van der Waals surface area contributed by atoms with Crippen LogP contribution in [0.15, 0.2) is 16.6 Å². The number of phenols is 1. The molecule has 2 rings (SSSR count). The number of hydrogen-bond donors (Lipinski definition) is 2. The van der Waals surface area contributed by atoms with E-state index in [1.807, 2.05) is 19.1 Å². The van der Waals surface area contributed by atoms with Crippen LogP contribution in [0.25, 0.3) is 0 Å². The molecule has 1 aromatic carbocycles. The third-order valence-electron chi connectivity index (χ3n) is 3.48.